The standard InChI is InChI=1S/C12H15ClN2O4/c1-12(2,3)19-11(17)15-7-5-6-8(10(16)18-4)14-9(7)13/h5-6H,1-4H3,(H,15,17). The molecule has 0 aliphatic rings. The van der Waals surface area contributed by atoms with Crippen LogP contribution in [0.4, 0.5) is 10.5 Å². The van der Waals surface area contributed by atoms with Gasteiger partial charge in [-0.2, -0.15) is 0 Å². The Hall–Kier alpha value is -1.82. The van der Waals surface area contributed by atoms with Gasteiger partial charge in [0.1, 0.15) is 11.3 Å². The van der Waals surface area contributed by atoms with Gasteiger partial charge in [0.25, 0.3) is 0 Å². The largest absolute Gasteiger partial charge is 0.464 e. The molecule has 0 saturated carbocycles. The monoisotopic (exact) mass is 286 g/mol. The van der Waals surface area contributed by atoms with Crippen LogP contribution in [0.1, 0.15) is 31.3 Å². The van der Waals surface area contributed by atoms with Crippen LogP contribution in [-0.2, 0) is 9.47 Å². The van der Waals surface area contributed by atoms with Crippen molar-refractivity contribution in [3.63, 3.8) is 0 Å². The molecule has 104 valence electrons. The van der Waals surface area contributed by atoms with Crippen LogP contribution in [0.15, 0.2) is 12.1 Å². The van der Waals surface area contributed by atoms with Crippen LogP contribution in [-0.4, -0.2) is 29.8 Å². The molecule has 1 amide bonds. The van der Waals surface area contributed by atoms with Gasteiger partial charge in [-0.05, 0) is 32.9 Å². The fourth-order valence-corrected chi connectivity index (χ4v) is 1.36. The van der Waals surface area contributed by atoms with Gasteiger partial charge in [-0.1, -0.05) is 11.6 Å². The number of nitrogens with zero attached hydrogens (tertiary/aromatic N) is 1. The zero-order valence-corrected chi connectivity index (χ0v) is 11.9. The molecule has 0 aliphatic heterocycles. The highest BCUT2D eigenvalue weighted by Crippen LogP contribution is 2.20. The maximum Gasteiger partial charge on any atom is 0.412 e. The number of pyridine rings is 1. The van der Waals surface area contributed by atoms with E-state index in [9.17, 15) is 9.59 Å². The number of hydrogen-bond acceptors (Lipinski definition) is 5. The lowest BCUT2D eigenvalue weighted by atomic mass is 10.2. The van der Waals surface area contributed by atoms with Gasteiger partial charge in [-0.3, -0.25) is 5.32 Å². The fraction of sp³-hybridized carbons (Fsp3) is 0.417. The molecule has 0 aromatic carbocycles. The number of halogens is 1. The molecule has 19 heavy (non-hydrogen) atoms. The van der Waals surface area contributed by atoms with Crippen molar-refractivity contribution < 1.29 is 19.1 Å². The summed E-state index contributed by atoms with van der Waals surface area (Å²) in [5.41, 5.74) is -0.304. The van der Waals surface area contributed by atoms with E-state index in [1.165, 1.54) is 19.2 Å². The molecular formula is C12H15ClN2O4. The zero-order chi connectivity index (χ0) is 14.6. The molecule has 1 aromatic heterocycles. The van der Waals surface area contributed by atoms with Gasteiger partial charge in [0.15, 0.2) is 5.15 Å². The molecule has 0 radical (unpaired) electrons. The normalized spacial score (nSPS) is 10.8. The molecular weight excluding hydrogens is 272 g/mol. The van der Waals surface area contributed by atoms with E-state index in [0.717, 1.165) is 0 Å². The second-order valence-electron chi connectivity index (χ2n) is 4.65. The Morgan fingerprint density at radius 3 is 2.42 bits per heavy atom. The van der Waals surface area contributed by atoms with Crippen LogP contribution in [0.3, 0.4) is 0 Å². The first-order chi connectivity index (χ1) is 8.73. The van der Waals surface area contributed by atoms with E-state index in [1.807, 2.05) is 0 Å². The summed E-state index contributed by atoms with van der Waals surface area (Å²) in [5, 5.41) is 2.42. The van der Waals surface area contributed by atoms with E-state index in [-0.39, 0.29) is 16.5 Å². The molecule has 1 aromatic rings. The molecule has 0 unspecified atom stereocenters. The molecule has 0 bridgehead atoms. The van der Waals surface area contributed by atoms with Crippen molar-refractivity contribution in [1.29, 1.82) is 0 Å². The molecule has 0 atom stereocenters. The summed E-state index contributed by atoms with van der Waals surface area (Å²) in [7, 11) is 1.24. The summed E-state index contributed by atoms with van der Waals surface area (Å²) in [5.74, 6) is -0.606. The first-order valence-electron chi connectivity index (χ1n) is 5.48. The van der Waals surface area contributed by atoms with Gasteiger partial charge in [0.05, 0.1) is 12.8 Å². The van der Waals surface area contributed by atoms with Crippen molar-refractivity contribution in [1.82, 2.24) is 4.98 Å². The fourth-order valence-electron chi connectivity index (χ4n) is 1.16. The summed E-state index contributed by atoms with van der Waals surface area (Å²) in [6, 6.07) is 2.84. The lowest BCUT2D eigenvalue weighted by Gasteiger charge is -2.19. The van der Waals surface area contributed by atoms with Gasteiger partial charge in [-0.15, -0.1) is 0 Å². The number of rotatable bonds is 2. The highest BCUT2D eigenvalue weighted by molar-refractivity contribution is 6.32. The predicted octanol–water partition coefficient (Wildman–Crippen LogP) is 2.87. The lowest BCUT2D eigenvalue weighted by Crippen LogP contribution is -2.27. The molecule has 1 heterocycles. The van der Waals surface area contributed by atoms with E-state index >= 15 is 0 Å². The third-order valence-corrected chi connectivity index (χ3v) is 2.17. The maximum absolute atomic E-state index is 11.5. The van der Waals surface area contributed by atoms with Gasteiger partial charge in [0, 0.05) is 0 Å². The maximum atomic E-state index is 11.5. The Labute approximate surface area is 116 Å². The van der Waals surface area contributed by atoms with Gasteiger partial charge in [-0.25, -0.2) is 14.6 Å². The molecule has 7 heteroatoms. The highest BCUT2D eigenvalue weighted by Gasteiger charge is 2.18. The quantitative estimate of drug-likeness (QED) is 0.668. The topological polar surface area (TPSA) is 77.5 Å². The average molecular weight is 287 g/mol. The Morgan fingerprint density at radius 2 is 1.95 bits per heavy atom. The van der Waals surface area contributed by atoms with Crippen molar-refractivity contribution in [2.75, 3.05) is 12.4 Å². The van der Waals surface area contributed by atoms with Gasteiger partial charge in [0.2, 0.25) is 0 Å². The SMILES string of the molecule is COC(=O)c1ccc(NC(=O)OC(C)(C)C)c(Cl)n1. The second-order valence-corrected chi connectivity index (χ2v) is 5.01. The molecule has 0 saturated heterocycles. The lowest BCUT2D eigenvalue weighted by molar-refractivity contribution is 0.0592. The Kier molecular flexibility index (Phi) is 4.72. The average Bonchev–Trinajstić information content (AvgIpc) is 2.28. The molecule has 0 fully saturated rings. The van der Waals surface area contributed by atoms with E-state index in [2.05, 4.69) is 15.0 Å². The minimum absolute atomic E-state index is 0.0197. The number of nitrogens with one attached hydrogen (secondary N) is 1. The summed E-state index contributed by atoms with van der Waals surface area (Å²) < 4.78 is 9.57. The van der Waals surface area contributed by atoms with E-state index < -0.39 is 17.7 Å². The second kappa shape index (κ2) is 5.88. The number of ether oxygens (including phenoxy) is 2. The third kappa shape index (κ3) is 4.75. The van der Waals surface area contributed by atoms with E-state index in [4.69, 9.17) is 16.3 Å². The van der Waals surface area contributed by atoms with Crippen LogP contribution in [0.25, 0.3) is 0 Å². The zero-order valence-electron chi connectivity index (χ0n) is 11.1. The summed E-state index contributed by atoms with van der Waals surface area (Å²) in [4.78, 5) is 26.6. The van der Waals surface area contributed by atoms with E-state index in [1.54, 1.807) is 20.8 Å². The van der Waals surface area contributed by atoms with Crippen LogP contribution in [0.2, 0.25) is 5.15 Å². The molecule has 6 nitrogen and oxygen atoms in total. The van der Waals surface area contributed by atoms with Crippen molar-refractivity contribution in [2.24, 2.45) is 0 Å². The van der Waals surface area contributed by atoms with E-state index in [0.29, 0.717) is 0 Å². The summed E-state index contributed by atoms with van der Waals surface area (Å²) >= 11 is 5.86. The van der Waals surface area contributed by atoms with Crippen LogP contribution >= 0.6 is 11.6 Å². The number of esters is 1. The third-order valence-electron chi connectivity index (χ3n) is 1.88. The molecule has 0 spiro atoms. The number of anilines is 1. The minimum atomic E-state index is -0.651. The summed E-state index contributed by atoms with van der Waals surface area (Å²) in [6.07, 6.45) is -0.651. The van der Waals surface area contributed by atoms with Crippen molar-refractivity contribution in [3.8, 4) is 0 Å². The van der Waals surface area contributed by atoms with Crippen molar-refractivity contribution in [3.05, 3.63) is 23.0 Å². The van der Waals surface area contributed by atoms with Gasteiger partial charge >= 0.3 is 12.1 Å². The van der Waals surface area contributed by atoms with Gasteiger partial charge < -0.3 is 9.47 Å². The molecule has 1 rings (SSSR count). The number of aromatic nitrogens is 1. The number of carbonyl (C=O) groups excluding carboxylic acids is 2. The molecule has 0 aliphatic carbocycles. The highest BCUT2D eigenvalue weighted by atomic mass is 35.5. The van der Waals surface area contributed by atoms with Crippen molar-refractivity contribution in [2.45, 2.75) is 26.4 Å². The number of methoxy groups -OCH3 is 1. The number of hydrogen-bond donors (Lipinski definition) is 1. The molecule has 1 N–H and O–H groups in total. The minimum Gasteiger partial charge on any atom is -0.464 e. The Morgan fingerprint density at radius 1 is 1.32 bits per heavy atom. The van der Waals surface area contributed by atoms with Crippen LogP contribution < -0.4 is 5.32 Å². The number of amides is 1. The number of carbonyl (C=O) groups is 2. The first kappa shape index (κ1) is 15.2. The predicted molar refractivity (Wildman–Crippen MR) is 70.4 cm³/mol. The Balaban J connectivity index is 2.81. The van der Waals surface area contributed by atoms with Crippen LogP contribution in [0.5, 0.6) is 0 Å². The first-order valence-corrected chi connectivity index (χ1v) is 5.85. The summed E-state index contributed by atoms with van der Waals surface area (Å²) in [6.45, 7) is 5.23. The van der Waals surface area contributed by atoms with Crippen molar-refractivity contribution >= 4 is 29.4 Å². The van der Waals surface area contributed by atoms with Crippen LogP contribution in [0, 0.1) is 0 Å². The smallest absolute Gasteiger partial charge is 0.412 e. The Bertz CT molecular complexity index is 497.